The molecule has 2 aliphatic rings. The van der Waals surface area contributed by atoms with Gasteiger partial charge in [0.05, 0.1) is 35.8 Å². The lowest BCUT2D eigenvalue weighted by molar-refractivity contribution is -0.0592. The van der Waals surface area contributed by atoms with E-state index in [1.807, 2.05) is 69.6 Å². The summed E-state index contributed by atoms with van der Waals surface area (Å²) < 4.78 is 19.8. The molecule has 3 aromatic heterocycles. The van der Waals surface area contributed by atoms with Crippen LogP contribution in [0.25, 0.3) is 21.8 Å². The molecule has 2 aromatic carbocycles. The molecular weight excluding hydrogens is 578 g/mol. The van der Waals surface area contributed by atoms with Crippen molar-refractivity contribution in [3.8, 4) is 5.88 Å². The molecule has 5 heterocycles. The molecule has 0 saturated carbocycles. The summed E-state index contributed by atoms with van der Waals surface area (Å²) in [4.78, 5) is 29.4. The second-order valence-corrected chi connectivity index (χ2v) is 13.4. The van der Waals surface area contributed by atoms with Crippen LogP contribution in [0.1, 0.15) is 73.4 Å². The van der Waals surface area contributed by atoms with Gasteiger partial charge in [-0.25, -0.2) is 14.8 Å². The summed E-state index contributed by atoms with van der Waals surface area (Å²) in [5, 5.41) is 2.27. The number of piperidine rings is 1. The molecule has 0 radical (unpaired) electrons. The van der Waals surface area contributed by atoms with E-state index in [-0.39, 0.29) is 12.1 Å². The Labute approximate surface area is 269 Å². The molecule has 0 spiro atoms. The van der Waals surface area contributed by atoms with Crippen LogP contribution in [-0.2, 0) is 29.2 Å². The molecule has 9 nitrogen and oxygen atoms in total. The number of fused-ring (bicyclic) bond motifs is 2. The van der Waals surface area contributed by atoms with Crippen molar-refractivity contribution in [2.75, 3.05) is 19.7 Å². The maximum atomic E-state index is 12.8. The van der Waals surface area contributed by atoms with Gasteiger partial charge in [0.2, 0.25) is 5.88 Å². The molecule has 0 N–H and O–H groups in total. The summed E-state index contributed by atoms with van der Waals surface area (Å²) in [5.74, 6) is 1.72. The lowest BCUT2D eigenvalue weighted by atomic mass is 9.93. The summed E-state index contributed by atoms with van der Waals surface area (Å²) in [6, 6.07) is 20.1. The van der Waals surface area contributed by atoms with Crippen molar-refractivity contribution in [1.82, 2.24) is 24.4 Å². The largest absolute Gasteiger partial charge is 0.473 e. The molecule has 46 heavy (non-hydrogen) atoms. The fraction of sp³-hybridized carbons (Fsp3) is 0.405. The molecule has 9 heteroatoms. The van der Waals surface area contributed by atoms with Crippen LogP contribution in [0.15, 0.2) is 73.1 Å². The Balaban J connectivity index is 1.00. The standard InChI is InChI=1S/C37H41N5O4/c1-37(2,3)46-36(43)28-9-10-32-33(20-28)42(22-30-14-18-44-30)34(39-32)23-41-16-12-26(13-17-41)31-5-4-6-35(40-31)45-24-25-7-8-29-21-38-15-11-27(29)19-25/h4-11,15,19-21,26,30H,12-14,16-18,22-24H2,1-3H3. The molecule has 1 unspecified atom stereocenters. The van der Waals surface area contributed by atoms with Crippen molar-refractivity contribution in [3.05, 3.63) is 95.7 Å². The third kappa shape index (κ3) is 6.90. The minimum absolute atomic E-state index is 0.172. The lowest BCUT2D eigenvalue weighted by Gasteiger charge is -2.32. The van der Waals surface area contributed by atoms with E-state index in [0.717, 1.165) is 90.9 Å². The first-order valence-corrected chi connectivity index (χ1v) is 16.3. The third-order valence-corrected chi connectivity index (χ3v) is 8.85. The highest BCUT2D eigenvalue weighted by atomic mass is 16.6. The van der Waals surface area contributed by atoms with Gasteiger partial charge in [0, 0.05) is 42.1 Å². The van der Waals surface area contributed by atoms with E-state index in [2.05, 4.69) is 38.7 Å². The SMILES string of the molecule is CC(C)(C)OC(=O)c1ccc2nc(CN3CCC(c4cccc(OCc5ccc6cnccc6c5)n4)CC3)n(CC3CCO3)c2c1. The molecule has 2 aliphatic heterocycles. The lowest BCUT2D eigenvalue weighted by Crippen LogP contribution is -2.35. The fourth-order valence-electron chi connectivity index (χ4n) is 6.30. The first-order chi connectivity index (χ1) is 22.3. The summed E-state index contributed by atoms with van der Waals surface area (Å²) in [5.41, 5.74) is 4.02. The minimum atomic E-state index is -0.552. The average molecular weight is 620 g/mol. The fourth-order valence-corrected chi connectivity index (χ4v) is 6.30. The smallest absolute Gasteiger partial charge is 0.338 e. The molecule has 2 fully saturated rings. The second kappa shape index (κ2) is 12.8. The first-order valence-electron chi connectivity index (χ1n) is 16.3. The molecule has 5 aromatic rings. The summed E-state index contributed by atoms with van der Waals surface area (Å²) in [6.45, 7) is 10.3. The Morgan fingerprint density at radius 1 is 0.978 bits per heavy atom. The number of aromatic nitrogens is 4. The highest BCUT2D eigenvalue weighted by Crippen LogP contribution is 2.30. The highest BCUT2D eigenvalue weighted by Gasteiger charge is 2.27. The van der Waals surface area contributed by atoms with Gasteiger partial charge < -0.3 is 18.8 Å². The van der Waals surface area contributed by atoms with Gasteiger partial charge in [0.1, 0.15) is 18.0 Å². The number of hydrogen-bond donors (Lipinski definition) is 0. The van der Waals surface area contributed by atoms with E-state index in [0.29, 0.717) is 24.0 Å². The molecule has 238 valence electrons. The summed E-state index contributed by atoms with van der Waals surface area (Å²) >= 11 is 0. The summed E-state index contributed by atoms with van der Waals surface area (Å²) in [7, 11) is 0. The predicted molar refractivity (Wildman–Crippen MR) is 177 cm³/mol. The number of nitrogens with zero attached hydrogens (tertiary/aromatic N) is 5. The van der Waals surface area contributed by atoms with E-state index >= 15 is 0 Å². The molecule has 2 saturated heterocycles. The van der Waals surface area contributed by atoms with E-state index in [1.54, 1.807) is 0 Å². The molecule has 0 bridgehead atoms. The number of rotatable bonds is 9. The van der Waals surface area contributed by atoms with Crippen molar-refractivity contribution in [3.63, 3.8) is 0 Å². The Bertz CT molecular complexity index is 1850. The molecule has 7 rings (SSSR count). The maximum absolute atomic E-state index is 12.8. The number of imidazole rings is 1. The van der Waals surface area contributed by atoms with Crippen LogP contribution in [-0.4, -0.2) is 61.8 Å². The highest BCUT2D eigenvalue weighted by molar-refractivity contribution is 5.94. The third-order valence-electron chi connectivity index (χ3n) is 8.85. The summed E-state index contributed by atoms with van der Waals surface area (Å²) in [6.07, 6.45) is 6.93. The Kier molecular flexibility index (Phi) is 8.44. The second-order valence-electron chi connectivity index (χ2n) is 13.4. The quantitative estimate of drug-likeness (QED) is 0.169. The van der Waals surface area contributed by atoms with E-state index < -0.39 is 5.60 Å². The molecule has 0 aliphatic carbocycles. The van der Waals surface area contributed by atoms with Crippen molar-refractivity contribution in [1.29, 1.82) is 0 Å². The number of pyridine rings is 2. The minimum Gasteiger partial charge on any atom is -0.473 e. The molecule has 1 atom stereocenters. The number of carbonyl (C=O) groups excluding carboxylic acids is 1. The van der Waals surface area contributed by atoms with Gasteiger partial charge in [-0.05, 0) is 100 Å². The normalized spacial score (nSPS) is 17.7. The molecule has 0 amide bonds. The van der Waals surface area contributed by atoms with Crippen molar-refractivity contribution in [2.45, 2.75) is 77.4 Å². The number of esters is 1. The van der Waals surface area contributed by atoms with Gasteiger partial charge >= 0.3 is 5.97 Å². The van der Waals surface area contributed by atoms with Gasteiger partial charge in [-0.1, -0.05) is 18.2 Å². The van der Waals surface area contributed by atoms with Crippen LogP contribution < -0.4 is 4.74 Å². The Morgan fingerprint density at radius 3 is 2.61 bits per heavy atom. The van der Waals surface area contributed by atoms with E-state index in [4.69, 9.17) is 24.2 Å². The zero-order valence-electron chi connectivity index (χ0n) is 26.8. The number of hydrogen-bond acceptors (Lipinski definition) is 8. The van der Waals surface area contributed by atoms with Gasteiger partial charge in [-0.3, -0.25) is 9.88 Å². The number of ether oxygens (including phenoxy) is 3. The van der Waals surface area contributed by atoms with Crippen LogP contribution in [0.4, 0.5) is 0 Å². The van der Waals surface area contributed by atoms with Crippen LogP contribution >= 0.6 is 0 Å². The van der Waals surface area contributed by atoms with E-state index in [1.165, 1.54) is 0 Å². The Hall–Kier alpha value is -4.34. The van der Waals surface area contributed by atoms with Crippen LogP contribution in [0.3, 0.4) is 0 Å². The maximum Gasteiger partial charge on any atom is 0.338 e. The predicted octanol–water partition coefficient (Wildman–Crippen LogP) is 6.68. The number of carbonyl (C=O) groups is 1. The first kappa shape index (κ1) is 30.3. The number of benzene rings is 2. The topological polar surface area (TPSA) is 91.6 Å². The van der Waals surface area contributed by atoms with Crippen LogP contribution in [0.2, 0.25) is 0 Å². The van der Waals surface area contributed by atoms with Crippen LogP contribution in [0, 0.1) is 0 Å². The van der Waals surface area contributed by atoms with Crippen molar-refractivity contribution < 1.29 is 19.0 Å². The monoisotopic (exact) mass is 619 g/mol. The van der Waals surface area contributed by atoms with Crippen molar-refractivity contribution >= 4 is 27.8 Å². The zero-order valence-corrected chi connectivity index (χ0v) is 26.8. The zero-order chi connectivity index (χ0) is 31.7. The van der Waals surface area contributed by atoms with E-state index in [9.17, 15) is 4.79 Å². The van der Waals surface area contributed by atoms with Crippen molar-refractivity contribution in [2.24, 2.45) is 0 Å². The average Bonchev–Trinajstić information content (AvgIpc) is 3.37. The molecular formula is C37H41N5O4. The van der Waals surface area contributed by atoms with Gasteiger partial charge in [-0.15, -0.1) is 0 Å². The van der Waals surface area contributed by atoms with Gasteiger partial charge in [-0.2, -0.15) is 0 Å². The van der Waals surface area contributed by atoms with Gasteiger partial charge in [0.15, 0.2) is 0 Å². The number of likely N-dealkylation sites (tertiary alicyclic amines) is 1. The van der Waals surface area contributed by atoms with Crippen LogP contribution in [0.5, 0.6) is 5.88 Å². The van der Waals surface area contributed by atoms with Gasteiger partial charge in [0.25, 0.3) is 0 Å². The Morgan fingerprint density at radius 2 is 1.83 bits per heavy atom.